The molecule has 20 heavy (non-hydrogen) atoms. The second-order valence-corrected chi connectivity index (χ2v) is 7.24. The molecule has 0 amide bonds. The van der Waals surface area contributed by atoms with Crippen LogP contribution in [-0.2, 0) is 0 Å². The Balaban J connectivity index is 1.89. The van der Waals surface area contributed by atoms with Gasteiger partial charge in [-0.2, -0.15) is 0 Å². The van der Waals surface area contributed by atoms with Gasteiger partial charge in [-0.15, -0.1) is 0 Å². The SMILES string of the molecule is CC(C)CC1CCCC(N[C@@H](C)c2cccc(Cl)c2)C1. The predicted molar refractivity (Wildman–Crippen MR) is 88.2 cm³/mol. The molecule has 112 valence electrons. The van der Waals surface area contributed by atoms with Gasteiger partial charge in [0.25, 0.3) is 0 Å². The first-order valence-electron chi connectivity index (χ1n) is 8.06. The van der Waals surface area contributed by atoms with Crippen molar-refractivity contribution in [2.45, 2.75) is 65.0 Å². The van der Waals surface area contributed by atoms with E-state index in [4.69, 9.17) is 11.6 Å². The fraction of sp³-hybridized carbons (Fsp3) is 0.667. The standard InChI is InChI=1S/C18H28ClN/c1-13(2)10-15-6-4-9-18(11-15)20-14(3)16-7-5-8-17(19)12-16/h5,7-8,12-15,18,20H,4,6,9-11H2,1-3H3/t14-,15?,18?/m0/s1. The lowest BCUT2D eigenvalue weighted by Gasteiger charge is -2.33. The molecule has 1 saturated carbocycles. The first-order valence-corrected chi connectivity index (χ1v) is 8.44. The molecule has 2 unspecified atom stereocenters. The van der Waals surface area contributed by atoms with Crippen LogP contribution in [0.1, 0.15) is 64.5 Å². The highest BCUT2D eigenvalue weighted by Crippen LogP contribution is 2.30. The van der Waals surface area contributed by atoms with Gasteiger partial charge in [-0.25, -0.2) is 0 Å². The van der Waals surface area contributed by atoms with E-state index in [1.165, 1.54) is 37.7 Å². The molecule has 1 N–H and O–H groups in total. The van der Waals surface area contributed by atoms with Crippen molar-refractivity contribution in [3.8, 4) is 0 Å². The van der Waals surface area contributed by atoms with Crippen LogP contribution in [0.4, 0.5) is 0 Å². The molecule has 1 aromatic carbocycles. The molecule has 0 saturated heterocycles. The van der Waals surface area contributed by atoms with Gasteiger partial charge in [0.05, 0.1) is 0 Å². The maximum atomic E-state index is 6.08. The summed E-state index contributed by atoms with van der Waals surface area (Å²) in [6, 6.07) is 9.28. The predicted octanol–water partition coefficient (Wildman–Crippen LogP) is 5.60. The summed E-state index contributed by atoms with van der Waals surface area (Å²) in [5.41, 5.74) is 1.29. The lowest BCUT2D eigenvalue weighted by molar-refractivity contribution is 0.242. The number of nitrogens with one attached hydrogen (secondary N) is 1. The zero-order chi connectivity index (χ0) is 14.5. The van der Waals surface area contributed by atoms with Gasteiger partial charge in [-0.3, -0.25) is 0 Å². The van der Waals surface area contributed by atoms with Gasteiger partial charge in [-0.1, -0.05) is 50.4 Å². The van der Waals surface area contributed by atoms with E-state index < -0.39 is 0 Å². The topological polar surface area (TPSA) is 12.0 Å². The highest BCUT2D eigenvalue weighted by molar-refractivity contribution is 6.30. The smallest absolute Gasteiger partial charge is 0.0409 e. The summed E-state index contributed by atoms with van der Waals surface area (Å²) in [5, 5.41) is 4.64. The third-order valence-electron chi connectivity index (χ3n) is 4.42. The fourth-order valence-electron chi connectivity index (χ4n) is 3.55. The second kappa shape index (κ2) is 7.47. The van der Waals surface area contributed by atoms with Crippen LogP contribution in [-0.4, -0.2) is 6.04 Å². The molecular formula is C18H28ClN. The minimum Gasteiger partial charge on any atom is -0.307 e. The third-order valence-corrected chi connectivity index (χ3v) is 4.66. The van der Waals surface area contributed by atoms with Crippen molar-refractivity contribution in [1.82, 2.24) is 5.32 Å². The van der Waals surface area contributed by atoms with Gasteiger partial charge < -0.3 is 5.32 Å². The summed E-state index contributed by atoms with van der Waals surface area (Å²) in [4.78, 5) is 0. The van der Waals surface area contributed by atoms with Crippen molar-refractivity contribution in [2.24, 2.45) is 11.8 Å². The van der Waals surface area contributed by atoms with E-state index in [1.54, 1.807) is 0 Å². The molecule has 3 atom stereocenters. The molecule has 0 spiro atoms. The minimum absolute atomic E-state index is 0.386. The highest BCUT2D eigenvalue weighted by Gasteiger charge is 2.23. The minimum atomic E-state index is 0.386. The van der Waals surface area contributed by atoms with Crippen LogP contribution in [0.25, 0.3) is 0 Å². The molecule has 0 aliphatic heterocycles. The first-order chi connectivity index (χ1) is 9.54. The lowest BCUT2D eigenvalue weighted by Crippen LogP contribution is -2.36. The summed E-state index contributed by atoms with van der Waals surface area (Å²) in [6.07, 6.45) is 6.82. The molecule has 0 heterocycles. The molecule has 1 aliphatic rings. The molecule has 1 fully saturated rings. The van der Waals surface area contributed by atoms with Crippen molar-refractivity contribution in [3.63, 3.8) is 0 Å². The van der Waals surface area contributed by atoms with E-state index in [2.05, 4.69) is 38.2 Å². The largest absolute Gasteiger partial charge is 0.307 e. The van der Waals surface area contributed by atoms with E-state index in [0.717, 1.165) is 16.9 Å². The normalized spacial score (nSPS) is 24.9. The van der Waals surface area contributed by atoms with E-state index >= 15 is 0 Å². The summed E-state index contributed by atoms with van der Waals surface area (Å²) in [6.45, 7) is 6.93. The molecule has 2 heteroatoms. The molecule has 1 aliphatic carbocycles. The summed E-state index contributed by atoms with van der Waals surface area (Å²) >= 11 is 6.08. The maximum Gasteiger partial charge on any atom is 0.0409 e. The monoisotopic (exact) mass is 293 g/mol. The van der Waals surface area contributed by atoms with E-state index in [1.807, 2.05) is 12.1 Å². The average molecular weight is 294 g/mol. The third kappa shape index (κ3) is 4.79. The number of rotatable bonds is 5. The van der Waals surface area contributed by atoms with Crippen molar-refractivity contribution >= 4 is 11.6 Å². The summed E-state index contributed by atoms with van der Waals surface area (Å²) in [5.74, 6) is 1.73. The average Bonchev–Trinajstić information content (AvgIpc) is 2.38. The van der Waals surface area contributed by atoms with E-state index in [0.29, 0.717) is 12.1 Å². The van der Waals surface area contributed by atoms with Gasteiger partial charge in [-0.05, 0) is 55.7 Å². The number of hydrogen-bond donors (Lipinski definition) is 1. The quantitative estimate of drug-likeness (QED) is 0.745. The first kappa shape index (κ1) is 15.9. The van der Waals surface area contributed by atoms with Gasteiger partial charge in [0.2, 0.25) is 0 Å². The zero-order valence-corrected chi connectivity index (χ0v) is 13.8. The molecule has 1 aromatic rings. The highest BCUT2D eigenvalue weighted by atomic mass is 35.5. The zero-order valence-electron chi connectivity index (χ0n) is 13.0. The molecule has 0 radical (unpaired) electrons. The Morgan fingerprint density at radius 1 is 1.25 bits per heavy atom. The van der Waals surface area contributed by atoms with Crippen LogP contribution in [0.5, 0.6) is 0 Å². The lowest BCUT2D eigenvalue weighted by atomic mass is 9.81. The number of benzene rings is 1. The Kier molecular flexibility index (Phi) is 5.92. The van der Waals surface area contributed by atoms with Gasteiger partial charge in [0.1, 0.15) is 0 Å². The maximum absolute atomic E-state index is 6.08. The second-order valence-electron chi connectivity index (χ2n) is 6.80. The molecule has 2 rings (SSSR count). The van der Waals surface area contributed by atoms with Gasteiger partial charge in [0.15, 0.2) is 0 Å². The number of hydrogen-bond acceptors (Lipinski definition) is 1. The van der Waals surface area contributed by atoms with E-state index in [-0.39, 0.29) is 0 Å². The Morgan fingerprint density at radius 3 is 2.75 bits per heavy atom. The number of halogens is 1. The Morgan fingerprint density at radius 2 is 2.05 bits per heavy atom. The van der Waals surface area contributed by atoms with E-state index in [9.17, 15) is 0 Å². The Hall–Kier alpha value is -0.530. The van der Waals surface area contributed by atoms with Crippen LogP contribution >= 0.6 is 11.6 Å². The molecule has 1 nitrogen and oxygen atoms in total. The molecular weight excluding hydrogens is 266 g/mol. The van der Waals surface area contributed by atoms with Crippen LogP contribution < -0.4 is 5.32 Å². The van der Waals surface area contributed by atoms with Crippen molar-refractivity contribution in [2.75, 3.05) is 0 Å². The summed E-state index contributed by atoms with van der Waals surface area (Å²) < 4.78 is 0. The summed E-state index contributed by atoms with van der Waals surface area (Å²) in [7, 11) is 0. The van der Waals surface area contributed by atoms with Crippen LogP contribution in [0.2, 0.25) is 5.02 Å². The van der Waals surface area contributed by atoms with Gasteiger partial charge >= 0.3 is 0 Å². The fourth-order valence-corrected chi connectivity index (χ4v) is 3.75. The Bertz CT molecular complexity index is 416. The molecule has 0 bridgehead atoms. The van der Waals surface area contributed by atoms with Crippen LogP contribution in [0, 0.1) is 11.8 Å². The van der Waals surface area contributed by atoms with Crippen LogP contribution in [0.15, 0.2) is 24.3 Å². The van der Waals surface area contributed by atoms with Crippen LogP contribution in [0.3, 0.4) is 0 Å². The Labute approximate surface area is 129 Å². The van der Waals surface area contributed by atoms with Crippen molar-refractivity contribution < 1.29 is 0 Å². The van der Waals surface area contributed by atoms with Crippen molar-refractivity contribution in [3.05, 3.63) is 34.9 Å². The molecule has 0 aromatic heterocycles. The van der Waals surface area contributed by atoms with Crippen molar-refractivity contribution in [1.29, 1.82) is 0 Å². The van der Waals surface area contributed by atoms with Gasteiger partial charge in [0, 0.05) is 17.1 Å².